The predicted molar refractivity (Wildman–Crippen MR) is 66.3 cm³/mol. The van der Waals surface area contributed by atoms with E-state index in [2.05, 4.69) is 10.3 Å². The van der Waals surface area contributed by atoms with E-state index >= 15 is 0 Å². The molecule has 0 amide bonds. The van der Waals surface area contributed by atoms with Crippen LogP contribution in [0.5, 0.6) is 0 Å². The number of nitrogens with two attached hydrogens (primary N) is 1. The summed E-state index contributed by atoms with van der Waals surface area (Å²) in [4.78, 5) is 5.90. The van der Waals surface area contributed by atoms with E-state index in [1.165, 1.54) is 0 Å². The van der Waals surface area contributed by atoms with Gasteiger partial charge in [0, 0.05) is 19.3 Å². The van der Waals surface area contributed by atoms with E-state index in [4.69, 9.17) is 5.73 Å². The van der Waals surface area contributed by atoms with Crippen LogP contribution in [0, 0.1) is 0 Å². The standard InChI is InChI=1S/C11H20N4O/c1-11(16,8-15(2)3)7-14-9-5-4-6-13-10(9)12/h4-6,14,16H,7-8H2,1-3H3,(H2,12,13). The van der Waals surface area contributed by atoms with Gasteiger partial charge in [0.1, 0.15) is 5.82 Å². The highest BCUT2D eigenvalue weighted by Gasteiger charge is 2.21. The van der Waals surface area contributed by atoms with Gasteiger partial charge in [-0.2, -0.15) is 0 Å². The lowest BCUT2D eigenvalue weighted by Crippen LogP contribution is -2.43. The molecule has 0 aliphatic rings. The van der Waals surface area contributed by atoms with Crippen LogP contribution in [-0.2, 0) is 0 Å². The fourth-order valence-electron chi connectivity index (χ4n) is 1.59. The maximum Gasteiger partial charge on any atom is 0.146 e. The third kappa shape index (κ3) is 4.04. The Kier molecular flexibility index (Phi) is 4.09. The second-order valence-corrected chi connectivity index (χ2v) is 4.52. The number of pyridine rings is 1. The zero-order chi connectivity index (χ0) is 12.2. The van der Waals surface area contributed by atoms with Gasteiger partial charge in [-0.1, -0.05) is 0 Å². The third-order valence-corrected chi connectivity index (χ3v) is 2.16. The quantitative estimate of drug-likeness (QED) is 0.674. The van der Waals surface area contributed by atoms with E-state index in [0.717, 1.165) is 5.69 Å². The smallest absolute Gasteiger partial charge is 0.146 e. The summed E-state index contributed by atoms with van der Waals surface area (Å²) in [6.45, 7) is 2.80. The predicted octanol–water partition coefficient (Wildman–Crippen LogP) is 0.388. The maximum atomic E-state index is 10.1. The van der Waals surface area contributed by atoms with Crippen molar-refractivity contribution >= 4 is 11.5 Å². The molecule has 4 N–H and O–H groups in total. The Morgan fingerprint density at radius 2 is 2.25 bits per heavy atom. The van der Waals surface area contributed by atoms with Crippen molar-refractivity contribution in [3.8, 4) is 0 Å². The molecular weight excluding hydrogens is 204 g/mol. The van der Waals surface area contributed by atoms with Crippen LogP contribution in [0.15, 0.2) is 18.3 Å². The van der Waals surface area contributed by atoms with E-state index in [-0.39, 0.29) is 0 Å². The Balaban J connectivity index is 2.54. The lowest BCUT2D eigenvalue weighted by molar-refractivity contribution is 0.0460. The summed E-state index contributed by atoms with van der Waals surface area (Å²) in [6.07, 6.45) is 1.64. The summed E-state index contributed by atoms with van der Waals surface area (Å²) >= 11 is 0. The lowest BCUT2D eigenvalue weighted by Gasteiger charge is -2.27. The van der Waals surface area contributed by atoms with Gasteiger partial charge in [0.25, 0.3) is 0 Å². The van der Waals surface area contributed by atoms with Crippen molar-refractivity contribution in [1.82, 2.24) is 9.88 Å². The second kappa shape index (κ2) is 5.14. The summed E-state index contributed by atoms with van der Waals surface area (Å²) in [5, 5.41) is 13.2. The van der Waals surface area contributed by atoms with Crippen LogP contribution in [0.3, 0.4) is 0 Å². The summed E-state index contributed by atoms with van der Waals surface area (Å²) < 4.78 is 0. The molecule has 1 aromatic heterocycles. The molecule has 0 aliphatic carbocycles. The molecule has 0 aliphatic heterocycles. The van der Waals surface area contributed by atoms with Crippen LogP contribution >= 0.6 is 0 Å². The highest BCUT2D eigenvalue weighted by molar-refractivity contribution is 5.60. The van der Waals surface area contributed by atoms with Gasteiger partial charge in [0.2, 0.25) is 0 Å². The van der Waals surface area contributed by atoms with Gasteiger partial charge in [-0.05, 0) is 33.2 Å². The zero-order valence-electron chi connectivity index (χ0n) is 10.1. The Morgan fingerprint density at radius 3 is 2.81 bits per heavy atom. The van der Waals surface area contributed by atoms with Crippen molar-refractivity contribution in [2.45, 2.75) is 12.5 Å². The molecule has 0 bridgehead atoms. The van der Waals surface area contributed by atoms with Crippen molar-refractivity contribution in [3.63, 3.8) is 0 Å². The van der Waals surface area contributed by atoms with Crippen LogP contribution in [0.2, 0.25) is 0 Å². The van der Waals surface area contributed by atoms with Crippen LogP contribution in [-0.4, -0.2) is 47.8 Å². The molecule has 90 valence electrons. The number of rotatable bonds is 5. The topological polar surface area (TPSA) is 74.4 Å². The molecule has 0 radical (unpaired) electrons. The molecule has 1 aromatic rings. The number of anilines is 2. The Labute approximate surface area is 96.3 Å². The average molecular weight is 224 g/mol. The van der Waals surface area contributed by atoms with Crippen LogP contribution < -0.4 is 11.1 Å². The lowest BCUT2D eigenvalue weighted by atomic mass is 10.1. The zero-order valence-corrected chi connectivity index (χ0v) is 10.1. The van der Waals surface area contributed by atoms with Gasteiger partial charge in [-0.25, -0.2) is 4.98 Å². The molecule has 1 atom stereocenters. The molecule has 5 heteroatoms. The molecule has 0 spiro atoms. The van der Waals surface area contributed by atoms with Gasteiger partial charge in [-0.15, -0.1) is 0 Å². The molecule has 0 saturated heterocycles. The van der Waals surface area contributed by atoms with E-state index in [1.807, 2.05) is 25.1 Å². The fourth-order valence-corrected chi connectivity index (χ4v) is 1.59. The Bertz CT molecular complexity index is 339. The first-order chi connectivity index (χ1) is 7.41. The average Bonchev–Trinajstić information content (AvgIpc) is 2.14. The number of nitrogens with zero attached hydrogens (tertiary/aromatic N) is 2. The minimum absolute atomic E-state index is 0.432. The van der Waals surface area contributed by atoms with E-state index in [0.29, 0.717) is 18.9 Å². The minimum Gasteiger partial charge on any atom is -0.387 e. The highest BCUT2D eigenvalue weighted by Crippen LogP contribution is 2.15. The van der Waals surface area contributed by atoms with E-state index in [9.17, 15) is 5.11 Å². The molecule has 0 saturated carbocycles. The first-order valence-electron chi connectivity index (χ1n) is 5.22. The minimum atomic E-state index is -0.800. The van der Waals surface area contributed by atoms with Gasteiger partial charge in [0.15, 0.2) is 0 Å². The van der Waals surface area contributed by atoms with Crippen LogP contribution in [0.1, 0.15) is 6.92 Å². The van der Waals surface area contributed by atoms with Gasteiger partial charge in [-0.3, -0.25) is 0 Å². The van der Waals surface area contributed by atoms with Crippen molar-refractivity contribution in [1.29, 1.82) is 0 Å². The van der Waals surface area contributed by atoms with Crippen LogP contribution in [0.25, 0.3) is 0 Å². The van der Waals surface area contributed by atoms with Crippen molar-refractivity contribution in [2.75, 3.05) is 38.2 Å². The fraction of sp³-hybridized carbons (Fsp3) is 0.545. The molecule has 1 heterocycles. The van der Waals surface area contributed by atoms with E-state index in [1.54, 1.807) is 19.2 Å². The van der Waals surface area contributed by atoms with Gasteiger partial charge < -0.3 is 21.1 Å². The highest BCUT2D eigenvalue weighted by atomic mass is 16.3. The molecule has 16 heavy (non-hydrogen) atoms. The largest absolute Gasteiger partial charge is 0.387 e. The normalized spacial score (nSPS) is 14.8. The number of nitrogen functional groups attached to an aromatic ring is 1. The first-order valence-corrected chi connectivity index (χ1v) is 5.22. The number of nitrogens with one attached hydrogen (secondary N) is 1. The summed E-state index contributed by atoms with van der Waals surface area (Å²) in [7, 11) is 3.85. The van der Waals surface area contributed by atoms with Crippen molar-refractivity contribution < 1.29 is 5.11 Å². The molecule has 1 unspecified atom stereocenters. The molecular formula is C11H20N4O. The molecule has 5 nitrogen and oxygen atoms in total. The number of likely N-dealkylation sites (N-methyl/N-ethyl adjacent to an activating group) is 1. The van der Waals surface area contributed by atoms with Crippen LogP contribution in [0.4, 0.5) is 11.5 Å². The monoisotopic (exact) mass is 224 g/mol. The van der Waals surface area contributed by atoms with Crippen molar-refractivity contribution in [3.05, 3.63) is 18.3 Å². The maximum absolute atomic E-state index is 10.1. The van der Waals surface area contributed by atoms with Crippen molar-refractivity contribution in [2.24, 2.45) is 0 Å². The number of aliphatic hydroxyl groups is 1. The summed E-state index contributed by atoms with van der Waals surface area (Å²) in [5.41, 5.74) is 5.64. The number of hydrogen-bond donors (Lipinski definition) is 3. The van der Waals surface area contributed by atoms with Gasteiger partial charge in [0.05, 0.1) is 11.3 Å². The summed E-state index contributed by atoms with van der Waals surface area (Å²) in [6, 6.07) is 3.65. The summed E-state index contributed by atoms with van der Waals surface area (Å²) in [5.74, 6) is 0.447. The Hall–Kier alpha value is -1.33. The van der Waals surface area contributed by atoms with Gasteiger partial charge >= 0.3 is 0 Å². The second-order valence-electron chi connectivity index (χ2n) is 4.52. The SMILES string of the molecule is CN(C)CC(C)(O)CNc1cccnc1N. The number of aromatic nitrogens is 1. The molecule has 0 fully saturated rings. The first kappa shape index (κ1) is 12.7. The molecule has 1 rings (SSSR count). The molecule has 0 aromatic carbocycles. The Morgan fingerprint density at radius 1 is 1.56 bits per heavy atom. The number of hydrogen-bond acceptors (Lipinski definition) is 5. The third-order valence-electron chi connectivity index (χ3n) is 2.16. The van der Waals surface area contributed by atoms with E-state index < -0.39 is 5.60 Å².